The highest BCUT2D eigenvalue weighted by Gasteiger charge is 2.13. The van der Waals surface area contributed by atoms with Crippen LogP contribution in [0, 0.1) is 6.92 Å². The molecule has 1 aromatic carbocycles. The molecule has 0 aliphatic rings. The van der Waals surface area contributed by atoms with Crippen LogP contribution in [0.2, 0.25) is 0 Å². The van der Waals surface area contributed by atoms with Crippen molar-refractivity contribution in [2.75, 3.05) is 25.2 Å². The maximum absolute atomic E-state index is 11.5. The molecule has 0 unspecified atom stereocenters. The van der Waals surface area contributed by atoms with E-state index in [9.17, 15) is 4.79 Å². The van der Waals surface area contributed by atoms with Gasteiger partial charge in [-0.05, 0) is 31.0 Å². The lowest BCUT2D eigenvalue weighted by Crippen LogP contribution is -2.07. The molecule has 0 saturated heterocycles. The van der Waals surface area contributed by atoms with Crippen LogP contribution in [0.5, 0.6) is 0 Å². The molecule has 5 heteroatoms. The first-order valence-corrected chi connectivity index (χ1v) is 6.30. The number of rotatable bonds is 5. The van der Waals surface area contributed by atoms with E-state index in [0.29, 0.717) is 11.3 Å². The lowest BCUT2D eigenvalue weighted by Gasteiger charge is -2.10. The summed E-state index contributed by atoms with van der Waals surface area (Å²) in [6.45, 7) is 2.03. The van der Waals surface area contributed by atoms with E-state index in [4.69, 9.17) is 10.8 Å². The van der Waals surface area contributed by atoms with Gasteiger partial charge in [-0.15, -0.1) is 11.8 Å². The Hall–Kier alpha value is -1.20. The Labute approximate surface area is 105 Å². The summed E-state index contributed by atoms with van der Waals surface area (Å²) in [5.41, 5.74) is 7.56. The second-order valence-electron chi connectivity index (χ2n) is 3.62. The molecule has 17 heavy (non-hydrogen) atoms. The highest BCUT2D eigenvalue weighted by atomic mass is 32.2. The van der Waals surface area contributed by atoms with Crippen LogP contribution in [-0.2, 0) is 4.74 Å². The number of benzene rings is 1. The van der Waals surface area contributed by atoms with Crippen LogP contribution >= 0.6 is 11.8 Å². The van der Waals surface area contributed by atoms with Crippen LogP contribution in [0.25, 0.3) is 0 Å². The summed E-state index contributed by atoms with van der Waals surface area (Å²) in [4.78, 5) is 12.5. The Morgan fingerprint density at radius 2 is 2.24 bits per heavy atom. The van der Waals surface area contributed by atoms with Gasteiger partial charge in [0.25, 0.3) is 0 Å². The lowest BCUT2D eigenvalue weighted by molar-refractivity contribution is 0.0601. The minimum atomic E-state index is -0.421. The highest BCUT2D eigenvalue weighted by Crippen LogP contribution is 2.27. The Morgan fingerprint density at radius 1 is 1.53 bits per heavy atom. The summed E-state index contributed by atoms with van der Waals surface area (Å²) in [7, 11) is 1.34. The van der Waals surface area contributed by atoms with Gasteiger partial charge in [0.15, 0.2) is 0 Å². The minimum absolute atomic E-state index is 0.171. The fourth-order valence-electron chi connectivity index (χ4n) is 1.38. The molecule has 0 fully saturated rings. The molecule has 0 aliphatic carbocycles. The number of thioether (sulfide) groups is 1. The van der Waals surface area contributed by atoms with Crippen molar-refractivity contribution >= 4 is 23.4 Å². The van der Waals surface area contributed by atoms with Crippen molar-refractivity contribution in [1.29, 1.82) is 0 Å². The van der Waals surface area contributed by atoms with E-state index in [1.807, 2.05) is 13.0 Å². The average Bonchev–Trinajstić information content (AvgIpc) is 2.32. The second kappa shape index (κ2) is 6.51. The average molecular weight is 255 g/mol. The van der Waals surface area contributed by atoms with Gasteiger partial charge in [-0.2, -0.15) is 0 Å². The molecular formula is C12H17NO3S. The van der Waals surface area contributed by atoms with Gasteiger partial charge >= 0.3 is 5.97 Å². The number of ether oxygens (including phenoxy) is 1. The maximum Gasteiger partial charge on any atom is 0.340 e. The molecule has 1 aromatic rings. The third-order valence-electron chi connectivity index (χ3n) is 2.34. The van der Waals surface area contributed by atoms with E-state index in [2.05, 4.69) is 4.74 Å². The van der Waals surface area contributed by atoms with E-state index < -0.39 is 5.97 Å². The van der Waals surface area contributed by atoms with Gasteiger partial charge in [0, 0.05) is 22.9 Å². The van der Waals surface area contributed by atoms with Crippen LogP contribution in [0.15, 0.2) is 17.0 Å². The van der Waals surface area contributed by atoms with Crippen molar-refractivity contribution in [3.63, 3.8) is 0 Å². The van der Waals surface area contributed by atoms with Crippen molar-refractivity contribution in [2.24, 2.45) is 0 Å². The molecule has 94 valence electrons. The zero-order chi connectivity index (χ0) is 12.8. The fraction of sp³-hybridized carbons (Fsp3) is 0.417. The van der Waals surface area contributed by atoms with Crippen molar-refractivity contribution in [1.82, 2.24) is 0 Å². The number of hydrogen-bond donors (Lipinski definition) is 2. The molecule has 0 radical (unpaired) electrons. The number of aliphatic hydroxyl groups is 1. The smallest absolute Gasteiger partial charge is 0.340 e. The number of methoxy groups -OCH3 is 1. The van der Waals surface area contributed by atoms with Gasteiger partial charge in [-0.25, -0.2) is 4.79 Å². The van der Waals surface area contributed by atoms with Gasteiger partial charge in [0.1, 0.15) is 0 Å². The number of nitrogens with two attached hydrogens (primary N) is 1. The van der Waals surface area contributed by atoms with E-state index in [0.717, 1.165) is 22.6 Å². The Bertz CT molecular complexity index is 407. The Morgan fingerprint density at radius 3 is 2.82 bits per heavy atom. The molecule has 0 amide bonds. The highest BCUT2D eigenvalue weighted by molar-refractivity contribution is 7.99. The van der Waals surface area contributed by atoms with Crippen molar-refractivity contribution in [3.8, 4) is 0 Å². The maximum atomic E-state index is 11.5. The minimum Gasteiger partial charge on any atom is -0.465 e. The molecule has 0 heterocycles. The number of aliphatic hydroxyl groups excluding tert-OH is 1. The number of carbonyl (C=O) groups is 1. The molecular weight excluding hydrogens is 238 g/mol. The Kier molecular flexibility index (Phi) is 5.31. The standard InChI is InChI=1S/C12H17NO3S/c1-8-6-9(17-5-3-4-14)7-10(11(8)13)12(15)16-2/h6-7,14H,3-5,13H2,1-2H3. The first-order valence-electron chi connectivity index (χ1n) is 5.32. The Balaban J connectivity index is 2.93. The van der Waals surface area contributed by atoms with Gasteiger partial charge in [-0.1, -0.05) is 0 Å². The molecule has 0 atom stereocenters. The first-order chi connectivity index (χ1) is 8.10. The molecule has 3 N–H and O–H groups in total. The van der Waals surface area contributed by atoms with Crippen molar-refractivity contribution < 1.29 is 14.6 Å². The van der Waals surface area contributed by atoms with E-state index in [1.165, 1.54) is 7.11 Å². The third-order valence-corrected chi connectivity index (χ3v) is 3.40. The largest absolute Gasteiger partial charge is 0.465 e. The third kappa shape index (κ3) is 3.64. The van der Waals surface area contributed by atoms with Gasteiger partial charge in [0.2, 0.25) is 0 Å². The van der Waals surface area contributed by atoms with E-state index in [1.54, 1.807) is 17.8 Å². The number of aryl methyl sites for hydroxylation is 1. The summed E-state index contributed by atoms with van der Waals surface area (Å²) >= 11 is 1.59. The predicted octanol–water partition coefficient (Wildman–Crippen LogP) is 1.84. The molecule has 4 nitrogen and oxygen atoms in total. The summed E-state index contributed by atoms with van der Waals surface area (Å²) < 4.78 is 4.68. The second-order valence-corrected chi connectivity index (χ2v) is 4.79. The number of carbonyl (C=O) groups excluding carboxylic acids is 1. The normalized spacial score (nSPS) is 10.3. The topological polar surface area (TPSA) is 72.5 Å². The van der Waals surface area contributed by atoms with Crippen molar-refractivity contribution in [2.45, 2.75) is 18.2 Å². The van der Waals surface area contributed by atoms with Crippen LogP contribution in [-0.4, -0.2) is 30.5 Å². The predicted molar refractivity (Wildman–Crippen MR) is 69.4 cm³/mol. The van der Waals surface area contributed by atoms with Crippen LogP contribution < -0.4 is 5.73 Å². The summed E-state index contributed by atoms with van der Waals surface area (Å²) in [5, 5.41) is 8.72. The molecule has 0 saturated carbocycles. The molecule has 0 aliphatic heterocycles. The number of anilines is 1. The lowest BCUT2D eigenvalue weighted by atomic mass is 10.1. The zero-order valence-electron chi connectivity index (χ0n) is 10.0. The zero-order valence-corrected chi connectivity index (χ0v) is 10.8. The molecule has 0 aromatic heterocycles. The van der Waals surface area contributed by atoms with Gasteiger partial charge in [0.05, 0.1) is 12.7 Å². The van der Waals surface area contributed by atoms with E-state index >= 15 is 0 Å². The quantitative estimate of drug-likeness (QED) is 0.363. The molecule has 1 rings (SSSR count). The molecule has 0 bridgehead atoms. The SMILES string of the molecule is COC(=O)c1cc(SCCCO)cc(C)c1N. The first kappa shape index (κ1) is 13.9. The van der Waals surface area contributed by atoms with Gasteiger partial charge in [-0.3, -0.25) is 0 Å². The van der Waals surface area contributed by atoms with Crippen molar-refractivity contribution in [3.05, 3.63) is 23.3 Å². The van der Waals surface area contributed by atoms with E-state index in [-0.39, 0.29) is 6.61 Å². The summed E-state index contributed by atoms with van der Waals surface area (Å²) in [6.07, 6.45) is 0.724. The van der Waals surface area contributed by atoms with Crippen LogP contribution in [0.4, 0.5) is 5.69 Å². The van der Waals surface area contributed by atoms with Crippen LogP contribution in [0.1, 0.15) is 22.3 Å². The monoisotopic (exact) mass is 255 g/mol. The summed E-state index contributed by atoms with van der Waals surface area (Å²) in [5.74, 6) is 0.385. The molecule has 0 spiro atoms. The van der Waals surface area contributed by atoms with Gasteiger partial charge < -0.3 is 15.6 Å². The number of nitrogen functional groups attached to an aromatic ring is 1. The fourth-order valence-corrected chi connectivity index (χ4v) is 2.35. The number of hydrogen-bond acceptors (Lipinski definition) is 5. The van der Waals surface area contributed by atoms with Crippen LogP contribution in [0.3, 0.4) is 0 Å². The summed E-state index contributed by atoms with van der Waals surface area (Å²) in [6, 6.07) is 3.67. The number of esters is 1.